The molecule has 0 aromatic heterocycles. The zero-order valence-electron chi connectivity index (χ0n) is 20.8. The molecule has 5 rings (SSSR count). The van der Waals surface area contributed by atoms with Crippen LogP contribution in [-0.2, 0) is 4.74 Å². The third kappa shape index (κ3) is 3.89. The van der Waals surface area contributed by atoms with Gasteiger partial charge in [0.05, 0.1) is 11.1 Å². The first-order valence-electron chi connectivity index (χ1n) is 12.0. The molecule has 2 heterocycles. The zero-order valence-corrected chi connectivity index (χ0v) is 20.8. The Kier molecular flexibility index (Phi) is 5.47. The van der Waals surface area contributed by atoms with Crippen LogP contribution < -0.4 is 4.90 Å². The summed E-state index contributed by atoms with van der Waals surface area (Å²) in [6, 6.07) is 13.5. The van der Waals surface area contributed by atoms with Gasteiger partial charge in [0.15, 0.2) is 11.6 Å². The highest BCUT2D eigenvalue weighted by molar-refractivity contribution is 6.40. The van der Waals surface area contributed by atoms with Gasteiger partial charge in [-0.1, -0.05) is 42.5 Å². The van der Waals surface area contributed by atoms with Crippen molar-refractivity contribution in [2.75, 3.05) is 11.4 Å². The number of carbonyl (C=O) groups is 2. The number of nitrogens with zero attached hydrogens (tertiary/aromatic N) is 1. The Hall–Kier alpha value is -3.92. The lowest BCUT2D eigenvalue weighted by Crippen LogP contribution is -2.44. The maximum atomic E-state index is 13.0. The van der Waals surface area contributed by atoms with E-state index in [9.17, 15) is 9.59 Å². The molecule has 0 saturated carbocycles. The van der Waals surface area contributed by atoms with Crippen LogP contribution in [0.15, 0.2) is 89.4 Å². The Bertz CT molecular complexity index is 1390. The zero-order chi connectivity index (χ0) is 24.9. The second kappa shape index (κ2) is 8.38. The van der Waals surface area contributed by atoms with Gasteiger partial charge >= 0.3 is 0 Å². The molecule has 2 aromatic rings. The minimum atomic E-state index is -0.230. The van der Waals surface area contributed by atoms with Gasteiger partial charge < -0.3 is 9.64 Å². The van der Waals surface area contributed by atoms with Crippen LogP contribution >= 0.6 is 0 Å². The third-order valence-corrected chi connectivity index (χ3v) is 6.85. The van der Waals surface area contributed by atoms with E-state index >= 15 is 0 Å². The van der Waals surface area contributed by atoms with Crippen LogP contribution in [0.1, 0.15) is 66.5 Å². The van der Waals surface area contributed by atoms with Gasteiger partial charge in [0, 0.05) is 28.9 Å². The quantitative estimate of drug-likeness (QED) is 0.366. The second-order valence-corrected chi connectivity index (χ2v) is 9.77. The Labute approximate surface area is 206 Å². The van der Waals surface area contributed by atoms with Crippen LogP contribution in [0.3, 0.4) is 0 Å². The van der Waals surface area contributed by atoms with Gasteiger partial charge in [0.25, 0.3) is 0 Å². The van der Waals surface area contributed by atoms with Gasteiger partial charge in [0.2, 0.25) is 0 Å². The number of rotatable bonds is 3. The molecule has 35 heavy (non-hydrogen) atoms. The summed E-state index contributed by atoms with van der Waals surface area (Å²) in [5.74, 6) is 0.763. The molecule has 0 atom stereocenters. The summed E-state index contributed by atoms with van der Waals surface area (Å²) in [5.41, 5.74) is 6.49. The summed E-state index contributed by atoms with van der Waals surface area (Å²) in [7, 11) is 0. The lowest BCUT2D eigenvalue weighted by Gasteiger charge is -2.42. The largest absolute Gasteiger partial charge is 0.462 e. The van der Waals surface area contributed by atoms with Gasteiger partial charge in [-0.2, -0.15) is 0 Å². The number of ketones is 2. The number of anilines is 1. The first-order chi connectivity index (χ1) is 16.7. The number of fused-ring (bicyclic) bond motifs is 2. The standard InChI is InChI=1S/C31H29NO3/c1-6-32-27-14-12-21(16-26(27)19(2)18-31(32,4)5)11-13-23-17-22(15-20(3)35-23)28-29(33)24-9-7-8-10-25(24)30(28)34/h7-18H,6H2,1-5H3/b13-11+. The van der Waals surface area contributed by atoms with Crippen LogP contribution in [0.2, 0.25) is 0 Å². The normalized spacial score (nSPS) is 18.8. The number of hydrogen-bond donors (Lipinski definition) is 0. The molecule has 0 spiro atoms. The molecule has 176 valence electrons. The summed E-state index contributed by atoms with van der Waals surface area (Å²) in [5, 5.41) is 0. The minimum Gasteiger partial charge on any atom is -0.462 e. The monoisotopic (exact) mass is 463 g/mol. The van der Waals surface area contributed by atoms with E-state index in [-0.39, 0.29) is 22.7 Å². The topological polar surface area (TPSA) is 46.6 Å². The van der Waals surface area contributed by atoms with Gasteiger partial charge in [-0.05, 0) is 81.7 Å². The van der Waals surface area contributed by atoms with E-state index < -0.39 is 0 Å². The Balaban J connectivity index is 1.48. The van der Waals surface area contributed by atoms with Crippen LogP contribution in [0.4, 0.5) is 5.69 Å². The van der Waals surface area contributed by atoms with Crippen molar-refractivity contribution < 1.29 is 14.3 Å². The Morgan fingerprint density at radius 3 is 2.26 bits per heavy atom. The molecule has 1 aliphatic carbocycles. The van der Waals surface area contributed by atoms with Crippen LogP contribution in [-0.4, -0.2) is 23.7 Å². The van der Waals surface area contributed by atoms with Crippen LogP contribution in [0.25, 0.3) is 11.6 Å². The molecule has 0 amide bonds. The lowest BCUT2D eigenvalue weighted by atomic mass is 9.88. The average Bonchev–Trinajstić information content (AvgIpc) is 3.07. The van der Waals surface area contributed by atoms with Crippen LogP contribution in [0, 0.1) is 0 Å². The molecule has 3 aliphatic rings. The van der Waals surface area contributed by atoms with Crippen molar-refractivity contribution >= 4 is 28.9 Å². The molecular weight excluding hydrogens is 434 g/mol. The molecule has 0 unspecified atom stereocenters. The first kappa shape index (κ1) is 22.9. The van der Waals surface area contributed by atoms with E-state index in [1.54, 1.807) is 36.4 Å². The molecule has 4 heteroatoms. The predicted molar refractivity (Wildman–Crippen MR) is 141 cm³/mol. The average molecular weight is 464 g/mol. The van der Waals surface area contributed by atoms with E-state index in [0.29, 0.717) is 28.2 Å². The highest BCUT2D eigenvalue weighted by atomic mass is 16.5. The SMILES string of the molecule is CCN1c2ccc(/C=C/C3=CC(=C4C(=O)c5ccccc5C4=O)C=C(C)O3)cc2C(C)=CC1(C)C. The van der Waals surface area contributed by atoms with E-state index in [2.05, 4.69) is 56.9 Å². The molecule has 0 fully saturated rings. The van der Waals surface area contributed by atoms with Crippen LogP contribution in [0.5, 0.6) is 0 Å². The summed E-state index contributed by atoms with van der Waals surface area (Å²) in [6.45, 7) is 11.6. The highest BCUT2D eigenvalue weighted by Crippen LogP contribution is 2.39. The summed E-state index contributed by atoms with van der Waals surface area (Å²) >= 11 is 0. The number of likely N-dealkylation sites (N-methyl/N-ethyl adjacent to an activating group) is 1. The maximum Gasteiger partial charge on any atom is 0.198 e. The summed E-state index contributed by atoms with van der Waals surface area (Å²) in [4.78, 5) is 28.3. The number of hydrogen-bond acceptors (Lipinski definition) is 4. The maximum absolute atomic E-state index is 13.0. The van der Waals surface area contributed by atoms with Crippen molar-refractivity contribution in [3.8, 4) is 0 Å². The number of allylic oxidation sites excluding steroid dienone is 7. The van der Waals surface area contributed by atoms with E-state index in [4.69, 9.17) is 4.74 Å². The molecular formula is C31H29NO3. The predicted octanol–water partition coefficient (Wildman–Crippen LogP) is 6.92. The highest BCUT2D eigenvalue weighted by Gasteiger charge is 2.35. The van der Waals surface area contributed by atoms with Crippen molar-refractivity contribution in [1.82, 2.24) is 0 Å². The summed E-state index contributed by atoms with van der Waals surface area (Å²) in [6.07, 6.45) is 9.73. The van der Waals surface area contributed by atoms with Crippen molar-refractivity contribution in [3.05, 3.63) is 112 Å². The molecule has 0 bridgehead atoms. The minimum absolute atomic E-state index is 0.0214. The fourth-order valence-electron chi connectivity index (χ4n) is 5.36. The second-order valence-electron chi connectivity index (χ2n) is 9.77. The molecule has 0 N–H and O–H groups in total. The fourth-order valence-corrected chi connectivity index (χ4v) is 5.36. The number of Topliss-reactive ketones (excluding diaryl/α,β-unsaturated/α-hetero) is 2. The van der Waals surface area contributed by atoms with Crippen molar-refractivity contribution in [3.63, 3.8) is 0 Å². The molecule has 2 aliphatic heterocycles. The molecule has 2 aromatic carbocycles. The molecule has 0 saturated heterocycles. The molecule has 4 nitrogen and oxygen atoms in total. The van der Waals surface area contributed by atoms with Gasteiger partial charge in [0.1, 0.15) is 11.5 Å². The van der Waals surface area contributed by atoms with Crippen molar-refractivity contribution in [2.24, 2.45) is 0 Å². The van der Waals surface area contributed by atoms with Gasteiger partial charge in [-0.3, -0.25) is 9.59 Å². The van der Waals surface area contributed by atoms with Crippen molar-refractivity contribution in [2.45, 2.75) is 40.2 Å². The number of ether oxygens (including phenoxy) is 1. The summed E-state index contributed by atoms with van der Waals surface area (Å²) < 4.78 is 5.90. The van der Waals surface area contributed by atoms with E-state index in [1.807, 2.05) is 19.1 Å². The number of benzene rings is 2. The lowest BCUT2D eigenvalue weighted by molar-refractivity contribution is 0.0988. The smallest absolute Gasteiger partial charge is 0.198 e. The van der Waals surface area contributed by atoms with Gasteiger partial charge in [-0.15, -0.1) is 0 Å². The Morgan fingerprint density at radius 1 is 0.914 bits per heavy atom. The van der Waals surface area contributed by atoms with Crippen molar-refractivity contribution in [1.29, 1.82) is 0 Å². The first-order valence-corrected chi connectivity index (χ1v) is 12.0. The van der Waals surface area contributed by atoms with E-state index in [0.717, 1.165) is 12.1 Å². The van der Waals surface area contributed by atoms with E-state index in [1.165, 1.54) is 16.8 Å². The Morgan fingerprint density at radius 2 is 1.60 bits per heavy atom. The fraction of sp³-hybridized carbons (Fsp3) is 0.226. The number of carbonyl (C=O) groups excluding carboxylic acids is 2. The molecule has 0 radical (unpaired) electrons. The third-order valence-electron chi connectivity index (χ3n) is 6.85. The van der Waals surface area contributed by atoms with Gasteiger partial charge in [-0.25, -0.2) is 0 Å².